The molecule has 0 radical (unpaired) electrons. The molecule has 2 atom stereocenters. The van der Waals surface area contributed by atoms with Crippen molar-refractivity contribution < 1.29 is 9.47 Å². The van der Waals surface area contributed by atoms with Crippen molar-refractivity contribution in [3.8, 4) is 11.5 Å². The third kappa shape index (κ3) is 3.19. The van der Waals surface area contributed by atoms with Crippen LogP contribution in [0.1, 0.15) is 36.4 Å². The van der Waals surface area contributed by atoms with E-state index in [4.69, 9.17) is 14.6 Å². The van der Waals surface area contributed by atoms with Crippen molar-refractivity contribution >= 4 is 11.8 Å². The smallest absolute Gasteiger partial charge is 0.118 e. The molecular weight excluding hydrogens is 324 g/mol. The molecule has 134 valence electrons. The molecule has 4 heteroatoms. The first-order valence-corrected chi connectivity index (χ1v) is 9.10. The van der Waals surface area contributed by atoms with E-state index in [1.807, 2.05) is 24.3 Å². The number of nitrogens with one attached hydrogen (secondary N) is 1. The lowest BCUT2D eigenvalue weighted by Crippen LogP contribution is -2.25. The lowest BCUT2D eigenvalue weighted by atomic mass is 9.78. The predicted molar refractivity (Wildman–Crippen MR) is 105 cm³/mol. The lowest BCUT2D eigenvalue weighted by Gasteiger charge is -2.26. The maximum atomic E-state index is 5.27. The highest BCUT2D eigenvalue weighted by Gasteiger charge is 2.36. The molecule has 1 fully saturated rings. The van der Waals surface area contributed by atoms with Gasteiger partial charge in [-0.3, -0.25) is 0 Å². The number of hydrogen-bond donors (Lipinski definition) is 1. The van der Waals surface area contributed by atoms with E-state index in [2.05, 4.69) is 35.8 Å². The van der Waals surface area contributed by atoms with Crippen LogP contribution in [0.2, 0.25) is 0 Å². The summed E-state index contributed by atoms with van der Waals surface area (Å²) >= 11 is 0. The molecule has 0 saturated heterocycles. The number of methoxy groups -OCH3 is 2. The number of nitrogens with zero attached hydrogens (tertiary/aromatic N) is 1. The van der Waals surface area contributed by atoms with Gasteiger partial charge in [0.1, 0.15) is 11.5 Å². The molecule has 4 nitrogen and oxygen atoms in total. The van der Waals surface area contributed by atoms with Crippen molar-refractivity contribution in [2.75, 3.05) is 14.2 Å². The van der Waals surface area contributed by atoms with Crippen LogP contribution in [0.4, 0.5) is 0 Å². The van der Waals surface area contributed by atoms with E-state index in [1.54, 1.807) is 14.2 Å². The van der Waals surface area contributed by atoms with Gasteiger partial charge >= 0.3 is 0 Å². The largest absolute Gasteiger partial charge is 0.497 e. The lowest BCUT2D eigenvalue weighted by molar-refractivity contribution is 0.413. The third-order valence-corrected chi connectivity index (χ3v) is 5.30. The zero-order chi connectivity index (χ0) is 17.9. The van der Waals surface area contributed by atoms with Crippen molar-refractivity contribution in [2.24, 2.45) is 11.0 Å². The Morgan fingerprint density at radius 2 is 1.62 bits per heavy atom. The van der Waals surface area contributed by atoms with E-state index in [-0.39, 0.29) is 6.04 Å². The van der Waals surface area contributed by atoms with Gasteiger partial charge in [0, 0.05) is 5.92 Å². The van der Waals surface area contributed by atoms with Gasteiger partial charge in [0.25, 0.3) is 0 Å². The molecule has 0 amide bonds. The van der Waals surface area contributed by atoms with Crippen molar-refractivity contribution in [3.63, 3.8) is 0 Å². The van der Waals surface area contributed by atoms with E-state index in [9.17, 15) is 0 Å². The topological polar surface area (TPSA) is 42.8 Å². The van der Waals surface area contributed by atoms with Gasteiger partial charge in [0.2, 0.25) is 0 Å². The second-order valence-corrected chi connectivity index (χ2v) is 6.82. The van der Waals surface area contributed by atoms with Gasteiger partial charge in [-0.2, -0.15) is 5.10 Å². The van der Waals surface area contributed by atoms with Gasteiger partial charge in [-0.05, 0) is 66.3 Å². The molecule has 1 aliphatic carbocycles. The number of benzene rings is 2. The molecule has 2 unspecified atom stereocenters. The zero-order valence-corrected chi connectivity index (χ0v) is 15.2. The summed E-state index contributed by atoms with van der Waals surface area (Å²) in [6, 6.07) is 16.8. The monoisotopic (exact) mass is 348 g/mol. The Hall–Kier alpha value is -2.75. The second-order valence-electron chi connectivity index (χ2n) is 6.82. The van der Waals surface area contributed by atoms with Crippen LogP contribution >= 0.6 is 0 Å². The van der Waals surface area contributed by atoms with Gasteiger partial charge in [-0.1, -0.05) is 24.3 Å². The maximum absolute atomic E-state index is 5.27. The number of allylic oxidation sites excluding steroid dienone is 1. The fourth-order valence-electron chi connectivity index (χ4n) is 3.89. The van der Waals surface area contributed by atoms with Crippen LogP contribution in [0.3, 0.4) is 0 Å². The van der Waals surface area contributed by atoms with Crippen molar-refractivity contribution in [3.05, 3.63) is 65.2 Å². The fraction of sp³-hybridized carbons (Fsp3) is 0.318. The standard InChI is InChI=1S/C22H24N2O2/c1-25-18-10-6-15(7-11-18)14-17-4-3-5-20-21(23-24-22(17)20)16-8-12-19(26-2)13-9-16/h6-14,20-21,23H,3-5H2,1-2H3. The quantitative estimate of drug-likeness (QED) is 0.879. The first kappa shape index (κ1) is 16.7. The highest BCUT2D eigenvalue weighted by atomic mass is 16.5. The van der Waals surface area contributed by atoms with Crippen LogP contribution in [0, 0.1) is 5.92 Å². The fourth-order valence-corrected chi connectivity index (χ4v) is 3.89. The predicted octanol–water partition coefficient (Wildman–Crippen LogP) is 4.59. The summed E-state index contributed by atoms with van der Waals surface area (Å²) in [6.07, 6.45) is 5.71. The van der Waals surface area contributed by atoms with Crippen LogP contribution in [0.5, 0.6) is 11.5 Å². The first-order chi connectivity index (χ1) is 12.8. The highest BCUT2D eigenvalue weighted by Crippen LogP contribution is 2.39. The number of hydrogen-bond acceptors (Lipinski definition) is 4. The summed E-state index contributed by atoms with van der Waals surface area (Å²) in [5, 5.41) is 4.71. The molecule has 2 aromatic rings. The number of hydrazone groups is 1. The van der Waals surface area contributed by atoms with Gasteiger partial charge in [-0.15, -0.1) is 0 Å². The molecule has 0 aromatic heterocycles. The molecular formula is C22H24N2O2. The molecule has 1 heterocycles. The highest BCUT2D eigenvalue weighted by molar-refractivity contribution is 6.07. The van der Waals surface area contributed by atoms with Crippen LogP contribution in [0.25, 0.3) is 6.08 Å². The maximum Gasteiger partial charge on any atom is 0.118 e. The molecule has 1 saturated carbocycles. The Kier molecular flexibility index (Phi) is 4.65. The zero-order valence-electron chi connectivity index (χ0n) is 15.2. The summed E-state index contributed by atoms with van der Waals surface area (Å²) in [6.45, 7) is 0. The van der Waals surface area contributed by atoms with Gasteiger partial charge in [0.05, 0.1) is 26.0 Å². The van der Waals surface area contributed by atoms with Crippen LogP contribution < -0.4 is 14.9 Å². The van der Waals surface area contributed by atoms with E-state index in [0.29, 0.717) is 5.92 Å². The van der Waals surface area contributed by atoms with Gasteiger partial charge in [0.15, 0.2) is 0 Å². The summed E-state index contributed by atoms with van der Waals surface area (Å²) in [4.78, 5) is 0. The Morgan fingerprint density at radius 1 is 0.962 bits per heavy atom. The van der Waals surface area contributed by atoms with Gasteiger partial charge < -0.3 is 14.9 Å². The number of fused-ring (bicyclic) bond motifs is 1. The van der Waals surface area contributed by atoms with Crippen molar-refractivity contribution in [1.29, 1.82) is 0 Å². The molecule has 4 rings (SSSR count). The minimum Gasteiger partial charge on any atom is -0.497 e. The SMILES string of the molecule is COc1ccc(C=C2CCCC3C2=NNC3c2ccc(OC)cc2)cc1. The van der Waals surface area contributed by atoms with Crippen molar-refractivity contribution in [1.82, 2.24) is 5.43 Å². The van der Waals surface area contributed by atoms with E-state index in [0.717, 1.165) is 17.9 Å². The Balaban J connectivity index is 1.56. The minimum atomic E-state index is 0.246. The Labute approximate surface area is 154 Å². The van der Waals surface area contributed by atoms with Crippen LogP contribution in [-0.2, 0) is 0 Å². The third-order valence-electron chi connectivity index (χ3n) is 5.30. The molecule has 1 N–H and O–H groups in total. The Bertz CT molecular complexity index is 822. The van der Waals surface area contributed by atoms with E-state index < -0.39 is 0 Å². The minimum absolute atomic E-state index is 0.246. The summed E-state index contributed by atoms with van der Waals surface area (Å²) in [5.41, 5.74) is 8.39. The summed E-state index contributed by atoms with van der Waals surface area (Å²) in [7, 11) is 3.39. The average molecular weight is 348 g/mol. The van der Waals surface area contributed by atoms with Crippen LogP contribution in [-0.4, -0.2) is 19.9 Å². The van der Waals surface area contributed by atoms with E-state index in [1.165, 1.54) is 35.3 Å². The summed E-state index contributed by atoms with van der Waals surface area (Å²) < 4.78 is 10.5. The van der Waals surface area contributed by atoms with Crippen molar-refractivity contribution in [2.45, 2.75) is 25.3 Å². The van der Waals surface area contributed by atoms with Crippen LogP contribution in [0.15, 0.2) is 59.2 Å². The molecule has 2 aliphatic rings. The van der Waals surface area contributed by atoms with E-state index >= 15 is 0 Å². The average Bonchev–Trinajstić information content (AvgIpc) is 3.14. The molecule has 2 aromatic carbocycles. The normalized spacial score (nSPS) is 23.2. The molecule has 1 aliphatic heterocycles. The number of rotatable bonds is 4. The number of ether oxygens (including phenoxy) is 2. The first-order valence-electron chi connectivity index (χ1n) is 9.10. The molecule has 0 spiro atoms. The molecule has 26 heavy (non-hydrogen) atoms. The Morgan fingerprint density at radius 3 is 2.27 bits per heavy atom. The second kappa shape index (κ2) is 7.24. The molecule has 0 bridgehead atoms. The van der Waals surface area contributed by atoms with Gasteiger partial charge in [-0.25, -0.2) is 0 Å². The summed E-state index contributed by atoms with van der Waals surface area (Å²) in [5.74, 6) is 2.20.